The van der Waals surface area contributed by atoms with Gasteiger partial charge < -0.3 is 15.3 Å². The van der Waals surface area contributed by atoms with E-state index in [4.69, 9.17) is 15.3 Å². The van der Waals surface area contributed by atoms with E-state index in [0.29, 0.717) is 30.1 Å². The summed E-state index contributed by atoms with van der Waals surface area (Å²) in [6, 6.07) is 8.07. The van der Waals surface area contributed by atoms with Crippen LogP contribution in [0.5, 0.6) is 5.75 Å². The molecule has 23 heavy (non-hydrogen) atoms. The van der Waals surface area contributed by atoms with Crippen LogP contribution in [-0.2, 0) is 11.3 Å². The van der Waals surface area contributed by atoms with Gasteiger partial charge in [0.1, 0.15) is 12.4 Å². The highest BCUT2D eigenvalue weighted by Crippen LogP contribution is 2.20. The Morgan fingerprint density at radius 2 is 1.96 bits per heavy atom. The van der Waals surface area contributed by atoms with Crippen molar-refractivity contribution in [2.45, 2.75) is 38.5 Å². The number of rotatable bonds is 9. The minimum Gasteiger partial charge on any atom is -0.486 e. The van der Waals surface area contributed by atoms with Crippen molar-refractivity contribution in [2.24, 2.45) is 0 Å². The first-order valence-corrected chi connectivity index (χ1v) is 8.73. The third-order valence-electron chi connectivity index (χ3n) is 3.31. The summed E-state index contributed by atoms with van der Waals surface area (Å²) in [7, 11) is 0. The summed E-state index contributed by atoms with van der Waals surface area (Å²) in [4.78, 5) is 0. The molecule has 0 atom stereocenters. The third kappa shape index (κ3) is 5.14. The van der Waals surface area contributed by atoms with Crippen molar-refractivity contribution in [1.29, 1.82) is 0 Å². The molecule has 1 aromatic heterocycles. The van der Waals surface area contributed by atoms with Gasteiger partial charge in [0.05, 0.1) is 6.61 Å². The Hall–Kier alpha value is -1.73. The molecule has 1 aromatic carbocycles. The molecule has 0 unspecified atom stereocenters. The Labute approximate surface area is 141 Å². The van der Waals surface area contributed by atoms with Crippen LogP contribution in [0, 0.1) is 0 Å². The van der Waals surface area contributed by atoms with E-state index in [1.54, 1.807) is 0 Å². The maximum atomic E-state index is 6.00. The highest BCUT2D eigenvalue weighted by Gasteiger charge is 2.11. The van der Waals surface area contributed by atoms with E-state index in [2.05, 4.69) is 36.2 Å². The quantitative estimate of drug-likeness (QED) is 0.431. The zero-order valence-corrected chi connectivity index (χ0v) is 14.7. The monoisotopic (exact) mass is 336 g/mol. The van der Waals surface area contributed by atoms with Gasteiger partial charge in [-0.25, -0.2) is 4.68 Å². The summed E-state index contributed by atoms with van der Waals surface area (Å²) >= 11 is 1.52. The zero-order valence-electron chi connectivity index (χ0n) is 13.9. The molecule has 0 aliphatic rings. The van der Waals surface area contributed by atoms with E-state index in [9.17, 15) is 0 Å². The number of ether oxygens (including phenoxy) is 2. The Balaban J connectivity index is 1.87. The van der Waals surface area contributed by atoms with Gasteiger partial charge in [-0.2, -0.15) is 0 Å². The van der Waals surface area contributed by atoms with Gasteiger partial charge in [-0.05, 0) is 30.5 Å². The molecule has 0 bridgehead atoms. The minimum atomic E-state index is 0.288. The van der Waals surface area contributed by atoms with Crippen molar-refractivity contribution in [1.82, 2.24) is 14.9 Å². The highest BCUT2D eigenvalue weighted by molar-refractivity contribution is 7.99. The molecule has 0 saturated heterocycles. The lowest BCUT2D eigenvalue weighted by Gasteiger charge is -2.09. The average Bonchev–Trinajstić information content (AvgIpc) is 2.90. The van der Waals surface area contributed by atoms with Crippen LogP contribution in [0.25, 0.3) is 0 Å². The van der Waals surface area contributed by atoms with E-state index in [1.165, 1.54) is 22.0 Å². The third-order valence-corrected chi connectivity index (χ3v) is 4.22. The van der Waals surface area contributed by atoms with E-state index in [1.807, 2.05) is 19.1 Å². The van der Waals surface area contributed by atoms with Gasteiger partial charge in [0.25, 0.3) is 0 Å². The van der Waals surface area contributed by atoms with Gasteiger partial charge in [-0.1, -0.05) is 37.7 Å². The summed E-state index contributed by atoms with van der Waals surface area (Å²) in [5.74, 6) is 8.68. The predicted octanol–water partition coefficient (Wildman–Crippen LogP) is 2.82. The van der Waals surface area contributed by atoms with Crippen molar-refractivity contribution in [2.75, 3.05) is 24.8 Å². The second-order valence-electron chi connectivity index (χ2n) is 5.33. The second kappa shape index (κ2) is 8.79. The molecule has 1 heterocycles. The lowest BCUT2D eigenvalue weighted by molar-refractivity contribution is 0.164. The largest absolute Gasteiger partial charge is 0.486 e. The van der Waals surface area contributed by atoms with Crippen LogP contribution in [0.2, 0.25) is 0 Å². The van der Waals surface area contributed by atoms with Crippen molar-refractivity contribution in [3.8, 4) is 5.75 Å². The molecule has 0 radical (unpaired) electrons. The molecule has 0 aliphatic carbocycles. The zero-order chi connectivity index (χ0) is 16.7. The second-order valence-corrected chi connectivity index (χ2v) is 6.39. The van der Waals surface area contributed by atoms with Crippen molar-refractivity contribution >= 4 is 11.8 Å². The SMILES string of the molecule is CCOCCSc1nnc(COc2ccc(C(C)C)cc2)n1N. The Morgan fingerprint density at radius 1 is 1.22 bits per heavy atom. The fourth-order valence-electron chi connectivity index (χ4n) is 1.94. The van der Waals surface area contributed by atoms with Crippen molar-refractivity contribution in [3.05, 3.63) is 35.7 Å². The number of nitrogens with zero attached hydrogens (tertiary/aromatic N) is 3. The number of aromatic nitrogens is 3. The van der Waals surface area contributed by atoms with Crippen LogP contribution in [-0.4, -0.2) is 33.8 Å². The van der Waals surface area contributed by atoms with E-state index in [-0.39, 0.29) is 6.61 Å². The molecule has 0 amide bonds. The summed E-state index contributed by atoms with van der Waals surface area (Å²) in [5, 5.41) is 8.82. The number of benzene rings is 1. The average molecular weight is 336 g/mol. The number of nitrogen functional groups attached to an aromatic ring is 1. The normalized spacial score (nSPS) is 11.1. The van der Waals surface area contributed by atoms with Gasteiger partial charge in [0.2, 0.25) is 5.16 Å². The van der Waals surface area contributed by atoms with Gasteiger partial charge >= 0.3 is 0 Å². The molecule has 126 valence electrons. The number of hydrogen-bond donors (Lipinski definition) is 1. The molecular weight excluding hydrogens is 312 g/mol. The molecule has 2 N–H and O–H groups in total. The van der Waals surface area contributed by atoms with Gasteiger partial charge in [0, 0.05) is 12.4 Å². The van der Waals surface area contributed by atoms with E-state index in [0.717, 1.165) is 11.5 Å². The Bertz CT molecular complexity index is 599. The van der Waals surface area contributed by atoms with E-state index < -0.39 is 0 Å². The molecule has 0 spiro atoms. The lowest BCUT2D eigenvalue weighted by atomic mass is 10.0. The van der Waals surface area contributed by atoms with Crippen LogP contribution in [0.1, 0.15) is 38.1 Å². The molecule has 0 aliphatic heterocycles. The lowest BCUT2D eigenvalue weighted by Crippen LogP contribution is -2.16. The summed E-state index contributed by atoms with van der Waals surface area (Å²) < 4.78 is 12.5. The first-order chi connectivity index (χ1) is 11.1. The van der Waals surface area contributed by atoms with Gasteiger partial charge in [-0.3, -0.25) is 0 Å². The molecule has 0 fully saturated rings. The van der Waals surface area contributed by atoms with Gasteiger partial charge in [0.15, 0.2) is 5.82 Å². The predicted molar refractivity (Wildman–Crippen MR) is 92.3 cm³/mol. The molecule has 7 heteroatoms. The fraction of sp³-hybridized carbons (Fsp3) is 0.500. The minimum absolute atomic E-state index is 0.288. The van der Waals surface area contributed by atoms with E-state index >= 15 is 0 Å². The fourth-order valence-corrected chi connectivity index (χ4v) is 2.66. The molecule has 6 nitrogen and oxygen atoms in total. The van der Waals surface area contributed by atoms with Crippen LogP contribution in [0.15, 0.2) is 29.4 Å². The number of hydrogen-bond acceptors (Lipinski definition) is 6. The number of nitrogens with two attached hydrogens (primary N) is 1. The smallest absolute Gasteiger partial charge is 0.209 e. The summed E-state index contributed by atoms with van der Waals surface area (Å²) in [5.41, 5.74) is 1.28. The Morgan fingerprint density at radius 3 is 2.61 bits per heavy atom. The van der Waals surface area contributed by atoms with Crippen LogP contribution < -0.4 is 10.6 Å². The summed E-state index contributed by atoms with van der Waals surface area (Å²) in [6.45, 7) is 7.97. The van der Waals surface area contributed by atoms with Gasteiger partial charge in [-0.15, -0.1) is 10.2 Å². The molecule has 0 saturated carbocycles. The highest BCUT2D eigenvalue weighted by atomic mass is 32.2. The maximum absolute atomic E-state index is 6.00. The topological polar surface area (TPSA) is 75.2 Å². The van der Waals surface area contributed by atoms with Crippen molar-refractivity contribution < 1.29 is 9.47 Å². The van der Waals surface area contributed by atoms with Crippen LogP contribution in [0.3, 0.4) is 0 Å². The van der Waals surface area contributed by atoms with Crippen LogP contribution >= 0.6 is 11.8 Å². The Kier molecular flexibility index (Phi) is 6.73. The first kappa shape index (κ1) is 17.6. The van der Waals surface area contributed by atoms with Crippen LogP contribution in [0.4, 0.5) is 0 Å². The molecule has 2 aromatic rings. The summed E-state index contributed by atoms with van der Waals surface area (Å²) in [6.07, 6.45) is 0. The first-order valence-electron chi connectivity index (χ1n) is 7.74. The number of thioether (sulfide) groups is 1. The van der Waals surface area contributed by atoms with Crippen molar-refractivity contribution in [3.63, 3.8) is 0 Å². The molecular formula is C16H24N4O2S. The standard InChI is InChI=1S/C16H24N4O2S/c1-4-21-9-10-23-16-19-18-15(20(16)17)11-22-14-7-5-13(6-8-14)12(2)3/h5-8,12H,4,9-11,17H2,1-3H3. The molecule has 2 rings (SSSR count). The maximum Gasteiger partial charge on any atom is 0.209 e.